The van der Waals surface area contributed by atoms with Crippen LogP contribution < -0.4 is 19.6 Å². The van der Waals surface area contributed by atoms with Crippen LogP contribution in [0.4, 0.5) is 45.5 Å². The number of pyridine rings is 4. The molecular formula is C62H82N8. The number of aromatic nitrogens is 4. The Morgan fingerprint density at radius 2 is 0.400 bits per heavy atom. The van der Waals surface area contributed by atoms with Crippen molar-refractivity contribution < 1.29 is 0 Å². The summed E-state index contributed by atoms with van der Waals surface area (Å²) < 4.78 is 0. The van der Waals surface area contributed by atoms with Crippen molar-refractivity contribution >= 4 is 45.5 Å². The average molecular weight is 939 g/mol. The van der Waals surface area contributed by atoms with E-state index in [1.54, 1.807) is 0 Å². The minimum Gasteiger partial charge on any atom is -0.314 e. The Morgan fingerprint density at radius 1 is 0.257 bits per heavy atom. The summed E-state index contributed by atoms with van der Waals surface area (Å²) in [5, 5.41) is 0. The Bertz CT molecular complexity index is 2410. The molecule has 0 radical (unpaired) electrons. The van der Waals surface area contributed by atoms with Gasteiger partial charge in [-0.3, -0.25) is 19.9 Å². The first-order valence-electron chi connectivity index (χ1n) is 26.4. The molecule has 0 N–H and O–H groups in total. The molecule has 0 unspecified atom stereocenters. The number of aryl methyl sites for hydroxylation is 4. The molecule has 0 bridgehead atoms. The van der Waals surface area contributed by atoms with Crippen LogP contribution in [0.3, 0.4) is 0 Å². The predicted octanol–water partition coefficient (Wildman–Crippen LogP) is 17.4. The monoisotopic (exact) mass is 939 g/mol. The standard InChI is InChI=1S/C62H82N8/c1-33(2)49-25-45(26-50(63-49)34(3)4)67-57-21-41(17)42(18)22-58(57)68(46-27-51(35(5)6)64-52(28-46)36(7)8)61(67)62-69(47-29-53(37(9)10)65-54(30-47)38(11)12)59-23-43(19)44(20)24-60(59)70(62)48-31-55(39(13)14)66-56(32-48)40(15)16/h21-40,61-62H,1-20H3. The van der Waals surface area contributed by atoms with Gasteiger partial charge in [-0.2, -0.15) is 0 Å². The summed E-state index contributed by atoms with van der Waals surface area (Å²) in [7, 11) is 0. The number of hydrogen-bond acceptors (Lipinski definition) is 8. The quantitative estimate of drug-likeness (QED) is 0.113. The van der Waals surface area contributed by atoms with Crippen LogP contribution in [0.25, 0.3) is 0 Å². The summed E-state index contributed by atoms with van der Waals surface area (Å²) in [5.41, 5.74) is 23.1. The van der Waals surface area contributed by atoms with E-state index in [1.165, 1.54) is 45.0 Å². The first-order valence-corrected chi connectivity index (χ1v) is 26.4. The highest BCUT2D eigenvalue weighted by Gasteiger charge is 2.53. The number of hydrogen-bond donors (Lipinski definition) is 0. The summed E-state index contributed by atoms with van der Waals surface area (Å²) >= 11 is 0. The van der Waals surface area contributed by atoms with Crippen LogP contribution in [-0.4, -0.2) is 32.3 Å². The molecule has 4 aromatic heterocycles. The van der Waals surface area contributed by atoms with Gasteiger partial charge in [0.05, 0.1) is 22.7 Å². The van der Waals surface area contributed by atoms with Gasteiger partial charge in [0.2, 0.25) is 0 Å². The molecule has 6 aromatic rings. The lowest BCUT2D eigenvalue weighted by Crippen LogP contribution is -2.58. The van der Waals surface area contributed by atoms with Gasteiger partial charge in [-0.05, 0) is 170 Å². The lowest BCUT2D eigenvalue weighted by atomic mass is 10.0. The number of rotatable bonds is 13. The highest BCUT2D eigenvalue weighted by atomic mass is 15.5. The van der Waals surface area contributed by atoms with Gasteiger partial charge in [0, 0.05) is 68.3 Å². The Hall–Kier alpha value is -5.76. The minimum atomic E-state index is -0.342. The van der Waals surface area contributed by atoms with Gasteiger partial charge in [-0.1, -0.05) is 111 Å². The van der Waals surface area contributed by atoms with Gasteiger partial charge in [-0.25, -0.2) is 0 Å². The summed E-state index contributed by atoms with van der Waals surface area (Å²) in [6.45, 7) is 45.4. The van der Waals surface area contributed by atoms with Crippen molar-refractivity contribution in [1.29, 1.82) is 0 Å². The molecule has 0 aliphatic carbocycles. The highest BCUT2D eigenvalue weighted by Crippen LogP contribution is 2.58. The van der Waals surface area contributed by atoms with E-state index < -0.39 is 0 Å². The molecule has 0 fully saturated rings. The van der Waals surface area contributed by atoms with Gasteiger partial charge in [-0.15, -0.1) is 0 Å². The molecule has 0 atom stereocenters. The fourth-order valence-electron chi connectivity index (χ4n) is 10.0. The number of nitrogens with zero attached hydrogens (tertiary/aromatic N) is 8. The van der Waals surface area contributed by atoms with Gasteiger partial charge in [0.1, 0.15) is 0 Å². The van der Waals surface area contributed by atoms with E-state index in [2.05, 4.69) is 231 Å². The van der Waals surface area contributed by atoms with E-state index >= 15 is 0 Å². The van der Waals surface area contributed by atoms with Crippen molar-refractivity contribution in [3.05, 3.63) is 141 Å². The normalized spacial score (nSPS) is 14.5. The van der Waals surface area contributed by atoms with Gasteiger partial charge >= 0.3 is 0 Å². The molecule has 8 rings (SSSR count). The largest absolute Gasteiger partial charge is 0.314 e. The second-order valence-electron chi connectivity index (χ2n) is 23.1. The number of fused-ring (bicyclic) bond motifs is 2. The van der Waals surface area contributed by atoms with Crippen LogP contribution in [0.2, 0.25) is 0 Å². The molecule has 0 spiro atoms. The SMILES string of the molecule is Cc1cc2c(cc1C)N(c1cc(C(C)C)nc(C(C)C)c1)C(C1N(c3cc(C(C)C)nc(C(C)C)c3)c3cc(C)c(C)cc3N1c1cc(C(C)C)nc(C(C)C)c1)N2c1cc(C(C)C)nc(C(C)C)c1. The van der Waals surface area contributed by atoms with Crippen LogP contribution in [0.15, 0.2) is 72.8 Å². The molecule has 8 heteroatoms. The number of benzene rings is 2. The molecular weight excluding hydrogens is 857 g/mol. The van der Waals surface area contributed by atoms with Crippen molar-refractivity contribution in [1.82, 2.24) is 19.9 Å². The van der Waals surface area contributed by atoms with Crippen molar-refractivity contribution in [3.8, 4) is 0 Å². The highest BCUT2D eigenvalue weighted by molar-refractivity contribution is 5.95. The molecule has 70 heavy (non-hydrogen) atoms. The zero-order valence-electron chi connectivity index (χ0n) is 46.3. The number of anilines is 8. The summed E-state index contributed by atoms with van der Waals surface area (Å²) in [5.74, 6) is 1.83. The molecule has 0 amide bonds. The molecule has 8 nitrogen and oxygen atoms in total. The third-order valence-corrected chi connectivity index (χ3v) is 14.8. The van der Waals surface area contributed by atoms with Crippen LogP contribution in [0, 0.1) is 27.7 Å². The fraction of sp³-hybridized carbons (Fsp3) is 0.484. The average Bonchev–Trinajstić information content (AvgIpc) is 3.79. The Morgan fingerprint density at radius 3 is 0.529 bits per heavy atom. The Labute approximate surface area is 422 Å². The second kappa shape index (κ2) is 19.4. The molecule has 370 valence electrons. The zero-order valence-corrected chi connectivity index (χ0v) is 46.3. The van der Waals surface area contributed by atoms with Crippen LogP contribution in [0.1, 0.15) is 226 Å². The van der Waals surface area contributed by atoms with E-state index in [0.717, 1.165) is 68.3 Å². The van der Waals surface area contributed by atoms with Crippen molar-refractivity contribution in [2.75, 3.05) is 19.6 Å². The van der Waals surface area contributed by atoms with Crippen LogP contribution in [0.5, 0.6) is 0 Å². The summed E-state index contributed by atoms with van der Waals surface area (Å²) in [4.78, 5) is 32.1. The Balaban J connectivity index is 1.60. The third-order valence-electron chi connectivity index (χ3n) is 14.8. The zero-order chi connectivity index (χ0) is 50.9. The van der Waals surface area contributed by atoms with Gasteiger partial charge < -0.3 is 19.6 Å². The van der Waals surface area contributed by atoms with Crippen LogP contribution >= 0.6 is 0 Å². The first-order chi connectivity index (χ1) is 32.9. The molecule has 0 saturated heterocycles. The van der Waals surface area contributed by atoms with E-state index in [0.29, 0.717) is 0 Å². The van der Waals surface area contributed by atoms with E-state index in [1.807, 2.05) is 0 Å². The van der Waals surface area contributed by atoms with E-state index in [-0.39, 0.29) is 59.7 Å². The molecule has 0 saturated carbocycles. The smallest absolute Gasteiger partial charge is 0.151 e. The van der Waals surface area contributed by atoms with E-state index in [9.17, 15) is 0 Å². The lowest BCUT2D eigenvalue weighted by molar-refractivity contribution is 0.547. The Kier molecular flexibility index (Phi) is 14.1. The second-order valence-corrected chi connectivity index (χ2v) is 23.1. The molecule has 2 aliphatic rings. The maximum absolute atomic E-state index is 5.35. The molecule has 2 aromatic carbocycles. The van der Waals surface area contributed by atoms with Crippen molar-refractivity contribution in [2.24, 2.45) is 0 Å². The van der Waals surface area contributed by atoms with Crippen LogP contribution in [-0.2, 0) is 0 Å². The van der Waals surface area contributed by atoms with Crippen molar-refractivity contribution in [2.45, 2.75) is 198 Å². The van der Waals surface area contributed by atoms with E-state index in [4.69, 9.17) is 19.9 Å². The minimum absolute atomic E-state index is 0.229. The fourth-order valence-corrected chi connectivity index (χ4v) is 10.0. The summed E-state index contributed by atoms with van der Waals surface area (Å²) in [6, 6.07) is 28.8. The molecule has 6 heterocycles. The molecule has 2 aliphatic heterocycles. The summed E-state index contributed by atoms with van der Waals surface area (Å²) in [6.07, 6.45) is -0.684. The van der Waals surface area contributed by atoms with Gasteiger partial charge in [0.15, 0.2) is 12.3 Å². The third kappa shape index (κ3) is 9.32. The van der Waals surface area contributed by atoms with Gasteiger partial charge in [0.25, 0.3) is 0 Å². The maximum atomic E-state index is 5.35. The maximum Gasteiger partial charge on any atom is 0.151 e. The first kappa shape index (κ1) is 50.6. The lowest BCUT2D eigenvalue weighted by Gasteiger charge is -2.45. The predicted molar refractivity (Wildman–Crippen MR) is 298 cm³/mol. The van der Waals surface area contributed by atoms with Crippen molar-refractivity contribution in [3.63, 3.8) is 0 Å². The topological polar surface area (TPSA) is 64.5 Å².